The van der Waals surface area contributed by atoms with Crippen molar-refractivity contribution in [2.24, 2.45) is 5.73 Å². The SMILES string of the molecule is NC1CCCN(c2nccc(Nc3cccc(C(=O)N4CCOCC4)c3)n2)C1. The number of ether oxygens (including phenoxy) is 1. The standard InChI is InChI=1S/C20H26N6O2/c21-16-4-2-8-26(14-16)20-22-7-6-18(24-20)23-17-5-1-3-15(13-17)19(27)25-9-11-28-12-10-25/h1,3,5-7,13,16H,2,4,8-12,14,21H2,(H,22,23,24). The van der Waals surface area contributed by atoms with Gasteiger partial charge in [0.25, 0.3) is 5.91 Å². The van der Waals surface area contributed by atoms with Gasteiger partial charge in [-0.05, 0) is 37.1 Å². The second kappa shape index (κ2) is 8.53. The Hall–Kier alpha value is -2.71. The van der Waals surface area contributed by atoms with Crippen molar-refractivity contribution in [1.82, 2.24) is 14.9 Å². The normalized spacial score (nSPS) is 20.1. The van der Waals surface area contributed by atoms with Crippen molar-refractivity contribution in [2.45, 2.75) is 18.9 Å². The molecule has 0 bridgehead atoms. The Kier molecular flexibility index (Phi) is 5.68. The molecule has 0 saturated carbocycles. The van der Waals surface area contributed by atoms with E-state index in [0.717, 1.165) is 31.6 Å². The number of aromatic nitrogens is 2. The fraction of sp³-hybridized carbons (Fsp3) is 0.450. The number of morpholine rings is 1. The van der Waals surface area contributed by atoms with E-state index in [-0.39, 0.29) is 11.9 Å². The maximum atomic E-state index is 12.7. The number of benzene rings is 1. The van der Waals surface area contributed by atoms with E-state index in [0.29, 0.717) is 43.6 Å². The van der Waals surface area contributed by atoms with E-state index in [2.05, 4.69) is 20.2 Å². The lowest BCUT2D eigenvalue weighted by Gasteiger charge is -2.30. The minimum Gasteiger partial charge on any atom is -0.378 e. The van der Waals surface area contributed by atoms with Crippen LogP contribution in [0.3, 0.4) is 0 Å². The largest absolute Gasteiger partial charge is 0.378 e. The van der Waals surface area contributed by atoms with E-state index in [1.165, 1.54) is 0 Å². The van der Waals surface area contributed by atoms with Gasteiger partial charge < -0.3 is 25.6 Å². The maximum absolute atomic E-state index is 12.7. The van der Waals surface area contributed by atoms with Gasteiger partial charge in [-0.2, -0.15) is 4.98 Å². The Morgan fingerprint density at radius 1 is 1.21 bits per heavy atom. The summed E-state index contributed by atoms with van der Waals surface area (Å²) in [5, 5.41) is 3.29. The summed E-state index contributed by atoms with van der Waals surface area (Å²) >= 11 is 0. The van der Waals surface area contributed by atoms with Gasteiger partial charge >= 0.3 is 0 Å². The van der Waals surface area contributed by atoms with Crippen LogP contribution in [0.15, 0.2) is 36.5 Å². The highest BCUT2D eigenvalue weighted by atomic mass is 16.5. The van der Waals surface area contributed by atoms with Crippen LogP contribution >= 0.6 is 0 Å². The Bertz CT molecular complexity index is 824. The van der Waals surface area contributed by atoms with Crippen molar-refractivity contribution in [2.75, 3.05) is 49.6 Å². The highest BCUT2D eigenvalue weighted by molar-refractivity contribution is 5.95. The molecule has 1 unspecified atom stereocenters. The highest BCUT2D eigenvalue weighted by Crippen LogP contribution is 2.20. The summed E-state index contributed by atoms with van der Waals surface area (Å²) in [6.45, 7) is 4.13. The van der Waals surface area contributed by atoms with Crippen LogP contribution in [0.5, 0.6) is 0 Å². The minimum absolute atomic E-state index is 0.0256. The molecule has 8 nitrogen and oxygen atoms in total. The first-order valence-electron chi connectivity index (χ1n) is 9.77. The first-order valence-corrected chi connectivity index (χ1v) is 9.77. The molecule has 3 heterocycles. The van der Waals surface area contributed by atoms with Crippen LogP contribution < -0.4 is 16.0 Å². The molecule has 2 aromatic rings. The number of nitrogens with one attached hydrogen (secondary N) is 1. The lowest BCUT2D eigenvalue weighted by molar-refractivity contribution is 0.0303. The zero-order chi connectivity index (χ0) is 19.3. The number of nitrogens with zero attached hydrogens (tertiary/aromatic N) is 4. The first kappa shape index (κ1) is 18.6. The number of carbonyl (C=O) groups is 1. The summed E-state index contributed by atoms with van der Waals surface area (Å²) in [5.41, 5.74) is 7.55. The summed E-state index contributed by atoms with van der Waals surface area (Å²) in [6, 6.07) is 9.48. The van der Waals surface area contributed by atoms with E-state index in [4.69, 9.17) is 10.5 Å². The molecule has 2 fully saturated rings. The number of hydrogen-bond donors (Lipinski definition) is 2. The number of anilines is 3. The zero-order valence-corrected chi connectivity index (χ0v) is 15.9. The monoisotopic (exact) mass is 382 g/mol. The van der Waals surface area contributed by atoms with Gasteiger partial charge in [-0.15, -0.1) is 0 Å². The van der Waals surface area contributed by atoms with E-state index in [1.54, 1.807) is 6.20 Å². The second-order valence-corrected chi connectivity index (χ2v) is 7.20. The zero-order valence-electron chi connectivity index (χ0n) is 15.9. The van der Waals surface area contributed by atoms with Crippen molar-refractivity contribution in [3.63, 3.8) is 0 Å². The predicted molar refractivity (Wildman–Crippen MR) is 108 cm³/mol. The van der Waals surface area contributed by atoms with Gasteiger partial charge in [0.1, 0.15) is 5.82 Å². The molecule has 1 aromatic carbocycles. The molecule has 2 saturated heterocycles. The first-order chi connectivity index (χ1) is 13.7. The van der Waals surface area contributed by atoms with Crippen LogP contribution in [0.2, 0.25) is 0 Å². The number of amides is 1. The van der Waals surface area contributed by atoms with Crippen LogP contribution in [0, 0.1) is 0 Å². The van der Waals surface area contributed by atoms with Gasteiger partial charge in [0.2, 0.25) is 5.95 Å². The molecule has 148 valence electrons. The second-order valence-electron chi connectivity index (χ2n) is 7.20. The van der Waals surface area contributed by atoms with Crippen LogP contribution in [-0.4, -0.2) is 66.2 Å². The van der Waals surface area contributed by atoms with Crippen LogP contribution in [0.1, 0.15) is 23.2 Å². The number of rotatable bonds is 4. The summed E-state index contributed by atoms with van der Waals surface area (Å²) in [7, 11) is 0. The van der Waals surface area contributed by atoms with Crippen molar-refractivity contribution >= 4 is 23.4 Å². The van der Waals surface area contributed by atoms with E-state index >= 15 is 0 Å². The topological polar surface area (TPSA) is 96.6 Å². The van der Waals surface area contributed by atoms with Gasteiger partial charge in [-0.25, -0.2) is 4.98 Å². The van der Waals surface area contributed by atoms with Gasteiger partial charge in [-0.3, -0.25) is 4.79 Å². The third-order valence-corrected chi connectivity index (χ3v) is 5.06. The summed E-state index contributed by atoms with van der Waals surface area (Å²) < 4.78 is 5.32. The van der Waals surface area contributed by atoms with Crippen molar-refractivity contribution < 1.29 is 9.53 Å². The molecule has 4 rings (SSSR count). The Morgan fingerprint density at radius 2 is 2.07 bits per heavy atom. The minimum atomic E-state index is 0.0256. The number of nitrogens with two attached hydrogens (primary N) is 1. The molecule has 0 spiro atoms. The van der Waals surface area contributed by atoms with E-state index < -0.39 is 0 Å². The Balaban J connectivity index is 1.47. The van der Waals surface area contributed by atoms with Crippen molar-refractivity contribution in [1.29, 1.82) is 0 Å². The van der Waals surface area contributed by atoms with Crippen LogP contribution in [0.4, 0.5) is 17.5 Å². The number of piperidine rings is 1. The summed E-state index contributed by atoms with van der Waals surface area (Å²) in [6.07, 6.45) is 3.83. The van der Waals surface area contributed by atoms with Gasteiger partial charge in [0, 0.05) is 49.7 Å². The molecule has 2 aliphatic heterocycles. The smallest absolute Gasteiger partial charge is 0.254 e. The summed E-state index contributed by atoms with van der Waals surface area (Å²) in [5.74, 6) is 1.40. The number of hydrogen-bond acceptors (Lipinski definition) is 7. The molecular formula is C20H26N6O2. The molecule has 8 heteroatoms. The number of carbonyl (C=O) groups excluding carboxylic acids is 1. The fourth-order valence-electron chi connectivity index (χ4n) is 3.59. The molecule has 1 amide bonds. The third kappa shape index (κ3) is 4.40. The Labute approximate surface area is 164 Å². The quantitative estimate of drug-likeness (QED) is 0.829. The lowest BCUT2D eigenvalue weighted by atomic mass is 10.1. The van der Waals surface area contributed by atoms with Gasteiger partial charge in [-0.1, -0.05) is 6.07 Å². The average molecular weight is 382 g/mol. The van der Waals surface area contributed by atoms with E-state index in [9.17, 15) is 4.79 Å². The maximum Gasteiger partial charge on any atom is 0.254 e. The van der Waals surface area contributed by atoms with Crippen LogP contribution in [0.25, 0.3) is 0 Å². The Morgan fingerprint density at radius 3 is 2.89 bits per heavy atom. The fourth-order valence-corrected chi connectivity index (χ4v) is 3.59. The molecule has 3 N–H and O–H groups in total. The lowest BCUT2D eigenvalue weighted by Crippen LogP contribution is -2.43. The van der Waals surface area contributed by atoms with Gasteiger partial charge in [0.05, 0.1) is 13.2 Å². The summed E-state index contributed by atoms with van der Waals surface area (Å²) in [4.78, 5) is 25.7. The average Bonchev–Trinajstić information content (AvgIpc) is 2.74. The highest BCUT2D eigenvalue weighted by Gasteiger charge is 2.20. The third-order valence-electron chi connectivity index (χ3n) is 5.06. The molecule has 0 radical (unpaired) electrons. The molecular weight excluding hydrogens is 356 g/mol. The molecule has 2 aliphatic rings. The molecule has 28 heavy (non-hydrogen) atoms. The van der Waals surface area contributed by atoms with E-state index in [1.807, 2.05) is 35.2 Å². The molecule has 0 aliphatic carbocycles. The van der Waals surface area contributed by atoms with Crippen LogP contribution in [-0.2, 0) is 4.74 Å². The van der Waals surface area contributed by atoms with Gasteiger partial charge in [0.15, 0.2) is 0 Å². The van der Waals surface area contributed by atoms with Crippen molar-refractivity contribution in [3.05, 3.63) is 42.1 Å². The molecule has 1 aromatic heterocycles. The molecule has 1 atom stereocenters. The predicted octanol–water partition coefficient (Wildman–Crippen LogP) is 1.62. The van der Waals surface area contributed by atoms with Crippen molar-refractivity contribution in [3.8, 4) is 0 Å².